The van der Waals surface area contributed by atoms with Gasteiger partial charge in [-0.2, -0.15) is 0 Å². The standard InChI is InChI=1S/C25H29NO8/c1-14-9-11-18(12-10-14)32-25-20(26-16(3)27)22(31-15(2)23(28)29)21-19(33-25)13-30-24(34-21)17-7-5-4-6-8-17/h4-12,15,19-22,24-25H,13H2,1-3H3,(H,26,27)(H,28,29). The topological polar surface area (TPSA) is 113 Å². The number of amides is 1. The van der Waals surface area contributed by atoms with Gasteiger partial charge in [-0.1, -0.05) is 48.0 Å². The first-order chi connectivity index (χ1) is 16.3. The third kappa shape index (κ3) is 5.56. The number of fused-ring (bicyclic) bond motifs is 1. The van der Waals surface area contributed by atoms with Crippen LogP contribution in [0.15, 0.2) is 54.6 Å². The summed E-state index contributed by atoms with van der Waals surface area (Å²) in [6.45, 7) is 4.93. The zero-order valence-electron chi connectivity index (χ0n) is 19.2. The Kier molecular flexibility index (Phi) is 7.47. The maximum absolute atomic E-state index is 12.1. The minimum Gasteiger partial charge on any atom is -0.479 e. The van der Waals surface area contributed by atoms with Crippen molar-refractivity contribution in [2.45, 2.75) is 63.8 Å². The van der Waals surface area contributed by atoms with Crippen LogP contribution in [0.5, 0.6) is 5.75 Å². The van der Waals surface area contributed by atoms with Crippen molar-refractivity contribution < 1.29 is 38.4 Å². The van der Waals surface area contributed by atoms with E-state index in [1.807, 2.05) is 49.4 Å². The molecule has 0 spiro atoms. The molecule has 2 aromatic carbocycles. The lowest BCUT2D eigenvalue weighted by molar-refractivity contribution is -0.340. The fourth-order valence-corrected chi connectivity index (χ4v) is 4.05. The molecule has 7 unspecified atom stereocenters. The molecule has 2 aliphatic rings. The third-order valence-electron chi connectivity index (χ3n) is 5.76. The number of carboxylic acid groups (broad SMARTS) is 1. The second-order valence-corrected chi connectivity index (χ2v) is 8.46. The Morgan fingerprint density at radius 2 is 1.79 bits per heavy atom. The minimum absolute atomic E-state index is 0.173. The van der Waals surface area contributed by atoms with E-state index in [1.54, 1.807) is 12.1 Å². The molecule has 0 aliphatic carbocycles. The molecule has 0 saturated carbocycles. The third-order valence-corrected chi connectivity index (χ3v) is 5.76. The van der Waals surface area contributed by atoms with Gasteiger partial charge in [-0.25, -0.2) is 4.79 Å². The van der Waals surface area contributed by atoms with E-state index in [2.05, 4.69) is 5.32 Å². The highest BCUT2D eigenvalue weighted by Crippen LogP contribution is 2.36. The average molecular weight is 472 g/mol. The van der Waals surface area contributed by atoms with Crippen LogP contribution in [-0.2, 0) is 28.5 Å². The van der Waals surface area contributed by atoms with Gasteiger partial charge in [0.05, 0.1) is 6.61 Å². The lowest BCUT2D eigenvalue weighted by Gasteiger charge is -2.49. The molecule has 1 amide bonds. The number of carbonyl (C=O) groups excluding carboxylic acids is 1. The summed E-state index contributed by atoms with van der Waals surface area (Å²) in [4.78, 5) is 23.7. The van der Waals surface area contributed by atoms with Crippen LogP contribution >= 0.6 is 0 Å². The van der Waals surface area contributed by atoms with Gasteiger partial charge in [-0.15, -0.1) is 0 Å². The number of aliphatic carboxylic acids is 1. The molecule has 9 nitrogen and oxygen atoms in total. The van der Waals surface area contributed by atoms with Gasteiger partial charge in [-0.05, 0) is 26.0 Å². The quantitative estimate of drug-likeness (QED) is 0.634. The van der Waals surface area contributed by atoms with E-state index < -0.39 is 49.0 Å². The van der Waals surface area contributed by atoms with Crippen LogP contribution in [0.1, 0.15) is 31.3 Å². The summed E-state index contributed by atoms with van der Waals surface area (Å²) in [6.07, 6.45) is -4.99. The van der Waals surface area contributed by atoms with Crippen LogP contribution in [0.2, 0.25) is 0 Å². The molecular formula is C25H29NO8. The molecule has 2 saturated heterocycles. The van der Waals surface area contributed by atoms with Crippen LogP contribution in [0.3, 0.4) is 0 Å². The van der Waals surface area contributed by atoms with Gasteiger partial charge in [0.1, 0.15) is 30.1 Å². The van der Waals surface area contributed by atoms with Crippen molar-refractivity contribution in [1.82, 2.24) is 5.32 Å². The van der Waals surface area contributed by atoms with E-state index in [-0.39, 0.29) is 12.5 Å². The van der Waals surface area contributed by atoms with Crippen molar-refractivity contribution in [2.24, 2.45) is 0 Å². The van der Waals surface area contributed by atoms with Gasteiger partial charge >= 0.3 is 5.97 Å². The van der Waals surface area contributed by atoms with Crippen LogP contribution < -0.4 is 10.1 Å². The van der Waals surface area contributed by atoms with E-state index in [0.29, 0.717) is 5.75 Å². The van der Waals surface area contributed by atoms with E-state index in [0.717, 1.165) is 11.1 Å². The van der Waals surface area contributed by atoms with Crippen molar-refractivity contribution in [3.63, 3.8) is 0 Å². The summed E-state index contributed by atoms with van der Waals surface area (Å²) in [5.41, 5.74) is 1.87. The molecule has 2 heterocycles. The molecular weight excluding hydrogens is 442 g/mol. The second-order valence-electron chi connectivity index (χ2n) is 8.46. The van der Waals surface area contributed by atoms with Crippen molar-refractivity contribution in [2.75, 3.05) is 6.61 Å². The van der Waals surface area contributed by atoms with Crippen LogP contribution in [-0.4, -0.2) is 60.3 Å². The smallest absolute Gasteiger partial charge is 0.332 e. The maximum atomic E-state index is 12.1. The Hall–Kier alpha value is -2.98. The van der Waals surface area contributed by atoms with Crippen molar-refractivity contribution in [3.8, 4) is 5.75 Å². The Bertz CT molecular complexity index is 982. The number of hydrogen-bond donors (Lipinski definition) is 2. The highest BCUT2D eigenvalue weighted by molar-refractivity contribution is 5.73. The first-order valence-electron chi connectivity index (χ1n) is 11.2. The molecule has 0 bridgehead atoms. The summed E-state index contributed by atoms with van der Waals surface area (Å²) >= 11 is 0. The van der Waals surface area contributed by atoms with Crippen molar-refractivity contribution >= 4 is 11.9 Å². The number of aryl methyl sites for hydroxylation is 1. The number of carboxylic acids is 1. The largest absolute Gasteiger partial charge is 0.479 e. The predicted octanol–water partition coefficient (Wildman–Crippen LogP) is 2.58. The van der Waals surface area contributed by atoms with E-state index in [4.69, 9.17) is 23.7 Å². The average Bonchev–Trinajstić information content (AvgIpc) is 2.82. The van der Waals surface area contributed by atoms with Crippen molar-refractivity contribution in [3.05, 3.63) is 65.7 Å². The minimum atomic E-state index is -1.15. The number of hydrogen-bond acceptors (Lipinski definition) is 7. The predicted molar refractivity (Wildman–Crippen MR) is 120 cm³/mol. The molecule has 2 aliphatic heterocycles. The molecule has 2 aromatic rings. The van der Waals surface area contributed by atoms with E-state index in [9.17, 15) is 14.7 Å². The van der Waals surface area contributed by atoms with Gasteiger partial charge in [-0.3, -0.25) is 4.79 Å². The first kappa shape index (κ1) is 24.2. The lowest BCUT2D eigenvalue weighted by Crippen LogP contribution is -2.68. The summed E-state index contributed by atoms with van der Waals surface area (Å²) in [5.74, 6) is -0.936. The number of benzene rings is 2. The van der Waals surface area contributed by atoms with Gasteiger partial charge in [0.25, 0.3) is 0 Å². The molecule has 34 heavy (non-hydrogen) atoms. The van der Waals surface area contributed by atoms with Gasteiger partial charge in [0, 0.05) is 12.5 Å². The van der Waals surface area contributed by atoms with Gasteiger partial charge in [0.15, 0.2) is 12.4 Å². The van der Waals surface area contributed by atoms with Gasteiger partial charge in [0.2, 0.25) is 12.2 Å². The first-order valence-corrected chi connectivity index (χ1v) is 11.2. The Morgan fingerprint density at radius 3 is 2.44 bits per heavy atom. The number of nitrogens with one attached hydrogen (secondary N) is 1. The number of carbonyl (C=O) groups is 2. The summed E-state index contributed by atoms with van der Waals surface area (Å²) in [6, 6.07) is 15.9. The van der Waals surface area contributed by atoms with Crippen LogP contribution in [0.4, 0.5) is 0 Å². The van der Waals surface area contributed by atoms with Crippen LogP contribution in [0.25, 0.3) is 0 Å². The monoisotopic (exact) mass is 471 g/mol. The maximum Gasteiger partial charge on any atom is 0.332 e. The van der Waals surface area contributed by atoms with E-state index >= 15 is 0 Å². The normalized spacial score (nSPS) is 29.5. The Balaban J connectivity index is 1.64. The SMILES string of the molecule is CC(=O)NC1C(Oc2ccc(C)cc2)OC2COC(c3ccccc3)OC2C1OC(C)C(=O)O. The van der Waals surface area contributed by atoms with Gasteiger partial charge < -0.3 is 34.1 Å². The molecule has 182 valence electrons. The fraction of sp³-hybridized carbons (Fsp3) is 0.440. The Morgan fingerprint density at radius 1 is 1.09 bits per heavy atom. The molecule has 2 fully saturated rings. The highest BCUT2D eigenvalue weighted by atomic mass is 16.8. The zero-order valence-corrected chi connectivity index (χ0v) is 19.2. The number of ether oxygens (including phenoxy) is 5. The summed E-state index contributed by atoms with van der Waals surface area (Å²) in [5, 5.41) is 12.3. The van der Waals surface area contributed by atoms with Crippen LogP contribution in [0, 0.1) is 6.92 Å². The highest BCUT2D eigenvalue weighted by Gasteiger charge is 2.52. The number of rotatable bonds is 7. The zero-order chi connectivity index (χ0) is 24.2. The molecule has 2 N–H and O–H groups in total. The molecule has 4 rings (SSSR count). The fourth-order valence-electron chi connectivity index (χ4n) is 4.05. The molecule has 7 atom stereocenters. The summed E-state index contributed by atoms with van der Waals surface area (Å²) in [7, 11) is 0. The lowest BCUT2D eigenvalue weighted by atomic mass is 9.95. The van der Waals surface area contributed by atoms with Crippen molar-refractivity contribution in [1.29, 1.82) is 0 Å². The molecule has 0 aromatic heterocycles. The van der Waals surface area contributed by atoms with E-state index in [1.165, 1.54) is 13.8 Å². The summed E-state index contributed by atoms with van der Waals surface area (Å²) < 4.78 is 30.3. The second kappa shape index (κ2) is 10.5. The molecule has 0 radical (unpaired) electrons. The Labute approximate surface area is 197 Å². The molecule has 9 heteroatoms.